The van der Waals surface area contributed by atoms with Crippen molar-refractivity contribution in [1.82, 2.24) is 4.98 Å². The van der Waals surface area contributed by atoms with Crippen LogP contribution in [0.1, 0.15) is 10.4 Å². The molecule has 28 heavy (non-hydrogen) atoms. The van der Waals surface area contributed by atoms with Crippen LogP contribution in [0.5, 0.6) is 0 Å². The minimum atomic E-state index is -2.86. The summed E-state index contributed by atoms with van der Waals surface area (Å²) in [6, 6.07) is 17.3. The quantitative estimate of drug-likeness (QED) is 0.635. The topological polar surface area (TPSA) is 86.2 Å². The highest BCUT2D eigenvalue weighted by Gasteiger charge is 2.12. The molecule has 0 radical (unpaired) electrons. The minimum absolute atomic E-state index is 0.286. The number of aromatic nitrogens is 1. The molecule has 0 saturated carbocycles. The average Bonchev–Trinajstić information content (AvgIpc) is 2.69. The van der Waals surface area contributed by atoms with Gasteiger partial charge in [0.15, 0.2) is 0 Å². The Kier molecular flexibility index (Phi) is 5.67. The van der Waals surface area contributed by atoms with Crippen LogP contribution in [-0.4, -0.2) is 28.4 Å². The average molecular weight is 415 g/mol. The summed E-state index contributed by atoms with van der Waals surface area (Å²) in [5.41, 5.74) is 3.08. The Balaban J connectivity index is 1.80. The lowest BCUT2D eigenvalue weighted by molar-refractivity contribution is 0.102. The van der Waals surface area contributed by atoms with Crippen LogP contribution in [0.3, 0.4) is 0 Å². The minimum Gasteiger partial charge on any atom is -0.322 e. The fourth-order valence-electron chi connectivity index (χ4n) is 2.55. The van der Waals surface area contributed by atoms with Gasteiger partial charge in [0.1, 0.15) is 9.92 Å². The van der Waals surface area contributed by atoms with Gasteiger partial charge in [-0.05, 0) is 54.6 Å². The van der Waals surface area contributed by atoms with E-state index in [1.165, 1.54) is 10.6 Å². The number of hydrogen-bond acceptors (Lipinski definition) is 4. The van der Waals surface area contributed by atoms with Crippen LogP contribution in [0.15, 0.2) is 66.9 Å². The van der Waals surface area contributed by atoms with E-state index in [-0.39, 0.29) is 5.91 Å². The van der Waals surface area contributed by atoms with Gasteiger partial charge in [-0.25, -0.2) is 8.99 Å². The standard InChI is InChI=1S/C20H19ClN4O2S/c1-25(28(2,22)27)16-9-6-14(7-10-16)20(26)24-15-8-11-18(21)17(13-15)19-5-3-4-12-23-19/h3-13,22H,1-2H3,(H,24,26). The van der Waals surface area contributed by atoms with Crippen LogP contribution >= 0.6 is 11.6 Å². The molecule has 0 spiro atoms. The summed E-state index contributed by atoms with van der Waals surface area (Å²) in [6.45, 7) is 0. The van der Waals surface area contributed by atoms with Gasteiger partial charge in [0.25, 0.3) is 5.91 Å². The summed E-state index contributed by atoms with van der Waals surface area (Å²) in [5, 5.41) is 3.39. The number of nitrogens with one attached hydrogen (secondary N) is 2. The third kappa shape index (κ3) is 4.49. The number of carbonyl (C=O) groups excluding carboxylic acids is 1. The van der Waals surface area contributed by atoms with E-state index >= 15 is 0 Å². The van der Waals surface area contributed by atoms with Crippen molar-refractivity contribution in [3.8, 4) is 11.3 Å². The first-order valence-electron chi connectivity index (χ1n) is 8.36. The Labute approximate surface area is 169 Å². The maximum atomic E-state index is 12.6. The fraction of sp³-hybridized carbons (Fsp3) is 0.100. The summed E-state index contributed by atoms with van der Waals surface area (Å²) in [4.78, 5) is 16.9. The van der Waals surface area contributed by atoms with Crippen LogP contribution in [-0.2, 0) is 9.92 Å². The first-order valence-corrected chi connectivity index (χ1v) is 10.7. The van der Waals surface area contributed by atoms with E-state index < -0.39 is 9.92 Å². The van der Waals surface area contributed by atoms with Gasteiger partial charge in [-0.1, -0.05) is 17.7 Å². The largest absolute Gasteiger partial charge is 0.322 e. The molecule has 2 aromatic carbocycles. The molecule has 1 atom stereocenters. The molecule has 1 unspecified atom stereocenters. The highest BCUT2D eigenvalue weighted by Crippen LogP contribution is 2.29. The number of pyridine rings is 1. The lowest BCUT2D eigenvalue weighted by Crippen LogP contribution is -2.23. The molecule has 1 amide bonds. The van der Waals surface area contributed by atoms with E-state index in [0.717, 1.165) is 11.3 Å². The zero-order chi connectivity index (χ0) is 20.3. The summed E-state index contributed by atoms with van der Waals surface area (Å²) in [5.74, 6) is -0.286. The molecular formula is C20H19ClN4O2S. The molecule has 0 aliphatic carbocycles. The second-order valence-electron chi connectivity index (χ2n) is 6.21. The summed E-state index contributed by atoms with van der Waals surface area (Å²) in [7, 11) is -1.28. The van der Waals surface area contributed by atoms with Crippen molar-refractivity contribution in [2.45, 2.75) is 0 Å². The maximum Gasteiger partial charge on any atom is 0.255 e. The van der Waals surface area contributed by atoms with Gasteiger partial charge in [0.05, 0.1) is 10.7 Å². The van der Waals surface area contributed by atoms with Crippen molar-refractivity contribution in [1.29, 1.82) is 4.78 Å². The second-order valence-corrected chi connectivity index (χ2v) is 8.77. The van der Waals surface area contributed by atoms with Crippen molar-refractivity contribution in [2.75, 3.05) is 22.9 Å². The smallest absolute Gasteiger partial charge is 0.255 e. The highest BCUT2D eigenvalue weighted by molar-refractivity contribution is 7.93. The molecule has 0 bridgehead atoms. The lowest BCUT2D eigenvalue weighted by atomic mass is 10.1. The van der Waals surface area contributed by atoms with Crippen molar-refractivity contribution in [3.05, 3.63) is 77.4 Å². The molecule has 1 aromatic heterocycles. The van der Waals surface area contributed by atoms with Crippen molar-refractivity contribution < 1.29 is 9.00 Å². The first kappa shape index (κ1) is 19.9. The molecule has 0 aliphatic heterocycles. The van der Waals surface area contributed by atoms with Crippen LogP contribution in [0.25, 0.3) is 11.3 Å². The normalized spacial score (nSPS) is 12.8. The summed E-state index contributed by atoms with van der Waals surface area (Å²) < 4.78 is 20.8. The first-order chi connectivity index (χ1) is 13.3. The van der Waals surface area contributed by atoms with Crippen molar-refractivity contribution in [3.63, 3.8) is 0 Å². The van der Waals surface area contributed by atoms with Crippen LogP contribution in [0.2, 0.25) is 5.02 Å². The maximum absolute atomic E-state index is 12.6. The number of halogens is 1. The summed E-state index contributed by atoms with van der Waals surface area (Å²) in [6.07, 6.45) is 3.02. The number of carbonyl (C=O) groups is 1. The number of anilines is 2. The number of benzene rings is 2. The molecule has 0 saturated heterocycles. The SMILES string of the molecule is CN(c1ccc(C(=O)Nc2ccc(Cl)c(-c3ccccn3)c2)cc1)S(C)(=N)=O. The third-order valence-corrected chi connectivity index (χ3v) is 5.77. The Morgan fingerprint density at radius 2 is 1.86 bits per heavy atom. The van der Waals surface area contributed by atoms with Gasteiger partial charge < -0.3 is 5.32 Å². The number of hydrogen-bond donors (Lipinski definition) is 2. The second kappa shape index (κ2) is 8.00. The summed E-state index contributed by atoms with van der Waals surface area (Å²) >= 11 is 6.27. The van der Waals surface area contributed by atoms with E-state index in [9.17, 15) is 9.00 Å². The molecule has 0 fully saturated rings. The Hall–Kier alpha value is -2.90. The van der Waals surface area contributed by atoms with E-state index in [2.05, 4.69) is 10.3 Å². The van der Waals surface area contributed by atoms with Crippen molar-refractivity contribution >= 4 is 38.8 Å². The molecule has 0 aliphatic rings. The van der Waals surface area contributed by atoms with E-state index in [0.29, 0.717) is 22.0 Å². The van der Waals surface area contributed by atoms with Crippen LogP contribution in [0, 0.1) is 4.78 Å². The van der Waals surface area contributed by atoms with E-state index in [1.807, 2.05) is 18.2 Å². The molecule has 3 rings (SSSR count). The number of rotatable bonds is 5. The molecule has 1 heterocycles. The Morgan fingerprint density at radius 1 is 1.14 bits per heavy atom. The molecular weight excluding hydrogens is 396 g/mol. The number of nitrogens with zero attached hydrogens (tertiary/aromatic N) is 2. The molecule has 2 N–H and O–H groups in total. The van der Waals surface area contributed by atoms with E-state index in [1.54, 1.807) is 55.7 Å². The van der Waals surface area contributed by atoms with Gasteiger partial charge in [-0.2, -0.15) is 0 Å². The molecule has 8 heteroatoms. The Bertz CT molecular complexity index is 1100. The lowest BCUT2D eigenvalue weighted by Gasteiger charge is -2.19. The zero-order valence-corrected chi connectivity index (χ0v) is 16.9. The monoisotopic (exact) mass is 414 g/mol. The van der Waals surface area contributed by atoms with Gasteiger partial charge in [0.2, 0.25) is 0 Å². The van der Waals surface area contributed by atoms with Gasteiger partial charge in [-0.3, -0.25) is 14.1 Å². The predicted molar refractivity (Wildman–Crippen MR) is 114 cm³/mol. The predicted octanol–water partition coefficient (Wildman–Crippen LogP) is 4.68. The third-order valence-electron chi connectivity index (χ3n) is 4.18. The van der Waals surface area contributed by atoms with Gasteiger partial charge in [0, 0.05) is 42.0 Å². The highest BCUT2D eigenvalue weighted by atomic mass is 35.5. The molecule has 144 valence electrons. The van der Waals surface area contributed by atoms with Crippen LogP contribution in [0.4, 0.5) is 11.4 Å². The van der Waals surface area contributed by atoms with Crippen LogP contribution < -0.4 is 9.62 Å². The van der Waals surface area contributed by atoms with Crippen molar-refractivity contribution in [2.24, 2.45) is 0 Å². The van der Waals surface area contributed by atoms with Gasteiger partial charge in [-0.15, -0.1) is 0 Å². The zero-order valence-electron chi connectivity index (χ0n) is 15.3. The molecule has 3 aromatic rings. The fourth-order valence-corrected chi connectivity index (χ4v) is 3.29. The Morgan fingerprint density at radius 3 is 2.46 bits per heavy atom. The molecule has 6 nitrogen and oxygen atoms in total. The van der Waals surface area contributed by atoms with Gasteiger partial charge >= 0.3 is 0 Å². The van der Waals surface area contributed by atoms with E-state index in [4.69, 9.17) is 16.4 Å². The number of amides is 1.